The van der Waals surface area contributed by atoms with Crippen molar-refractivity contribution in [2.75, 3.05) is 18.9 Å². The number of aromatic nitrogens is 4. The van der Waals surface area contributed by atoms with Gasteiger partial charge in [-0.3, -0.25) is 0 Å². The van der Waals surface area contributed by atoms with E-state index in [1.807, 2.05) is 6.33 Å². The van der Waals surface area contributed by atoms with Crippen LogP contribution in [0, 0.1) is 11.8 Å². The summed E-state index contributed by atoms with van der Waals surface area (Å²) >= 11 is 0. The van der Waals surface area contributed by atoms with Gasteiger partial charge in [-0.25, -0.2) is 15.0 Å². The van der Waals surface area contributed by atoms with Gasteiger partial charge in [-0.1, -0.05) is 163 Å². The first kappa shape index (κ1) is 36.9. The van der Waals surface area contributed by atoms with Crippen molar-refractivity contribution in [3.63, 3.8) is 0 Å². The Morgan fingerprint density at radius 1 is 0.604 bits per heavy atom. The van der Waals surface area contributed by atoms with Gasteiger partial charge in [-0.05, 0) is 49.6 Å². The maximum atomic E-state index is 7.72. The zero-order valence-electron chi connectivity index (χ0n) is 31.9. The summed E-state index contributed by atoms with van der Waals surface area (Å²) in [5.41, 5.74) is 7.72. The number of hydrogen-bond donors (Lipinski definition) is 1. The number of nitrogen functional groups attached to an aromatic ring is 1. The van der Waals surface area contributed by atoms with Crippen molar-refractivity contribution < 1.29 is 8.85 Å². The summed E-state index contributed by atoms with van der Waals surface area (Å²) in [6.07, 6.45) is 5.40. The molecule has 0 radical (unpaired) electrons. The molecule has 7 nitrogen and oxygen atoms in total. The number of nitrogens with two attached hydrogens (primary N) is 1. The molecule has 3 atom stereocenters. The topological polar surface area (TPSA) is 88.1 Å². The molecule has 274 valence electrons. The van der Waals surface area contributed by atoms with Crippen molar-refractivity contribution in [3.8, 4) is 0 Å². The molecule has 53 heavy (non-hydrogen) atoms. The highest BCUT2D eigenvalue weighted by atomic mass is 28.4. The molecule has 9 heteroatoms. The van der Waals surface area contributed by atoms with Gasteiger partial charge in [0, 0.05) is 25.2 Å². The molecule has 1 saturated carbocycles. The second kappa shape index (κ2) is 14.8. The molecule has 0 amide bonds. The van der Waals surface area contributed by atoms with E-state index in [0.717, 1.165) is 18.5 Å². The minimum Gasteiger partial charge on any atom is -0.407 e. The highest BCUT2D eigenvalue weighted by Gasteiger charge is 2.53. The van der Waals surface area contributed by atoms with Crippen molar-refractivity contribution in [2.24, 2.45) is 11.8 Å². The fraction of sp³-hybridized carbons (Fsp3) is 0.341. The second-order valence-electron chi connectivity index (χ2n) is 16.6. The Labute approximate surface area is 316 Å². The van der Waals surface area contributed by atoms with E-state index >= 15 is 0 Å². The predicted molar refractivity (Wildman–Crippen MR) is 222 cm³/mol. The fourth-order valence-corrected chi connectivity index (χ4v) is 18.2. The molecule has 0 saturated heterocycles. The molecule has 0 bridgehead atoms. The molecule has 1 fully saturated rings. The Morgan fingerprint density at radius 3 is 1.47 bits per heavy atom. The van der Waals surface area contributed by atoms with E-state index in [4.69, 9.17) is 24.6 Å². The minimum absolute atomic E-state index is 0.0975. The lowest BCUT2D eigenvalue weighted by atomic mass is 9.95. The van der Waals surface area contributed by atoms with Gasteiger partial charge in [0.2, 0.25) is 0 Å². The van der Waals surface area contributed by atoms with Gasteiger partial charge in [0.1, 0.15) is 11.8 Å². The van der Waals surface area contributed by atoms with E-state index in [0.29, 0.717) is 24.5 Å². The maximum Gasteiger partial charge on any atom is 0.261 e. The maximum absolute atomic E-state index is 7.72. The van der Waals surface area contributed by atoms with Crippen LogP contribution in [0.1, 0.15) is 60.4 Å². The minimum atomic E-state index is -2.82. The summed E-state index contributed by atoms with van der Waals surface area (Å²) in [5.74, 6) is 0.762. The molecular weight excluding hydrogens is 687 g/mol. The van der Waals surface area contributed by atoms with Gasteiger partial charge in [-0.2, -0.15) is 0 Å². The number of anilines is 1. The van der Waals surface area contributed by atoms with Gasteiger partial charge in [0.25, 0.3) is 16.6 Å². The van der Waals surface area contributed by atoms with Crippen LogP contribution in [-0.2, 0) is 8.85 Å². The van der Waals surface area contributed by atoms with Crippen LogP contribution in [0.15, 0.2) is 134 Å². The van der Waals surface area contributed by atoms with Crippen LogP contribution in [0.25, 0.3) is 11.2 Å². The van der Waals surface area contributed by atoms with Crippen molar-refractivity contribution in [3.05, 3.63) is 134 Å². The molecule has 7 rings (SSSR count). The fourth-order valence-electron chi connectivity index (χ4n) is 9.02. The summed E-state index contributed by atoms with van der Waals surface area (Å²) in [7, 11) is -5.59. The van der Waals surface area contributed by atoms with Gasteiger partial charge in [-0.15, -0.1) is 0 Å². The SMILES string of the molecule is CC(C)(C)[Si](OCC1CCC(n2cnc3c(N)ncnc32)C1CO[Si](c1ccccc1)(c1ccccc1)C(C)(C)C)(c1ccccc1)c1ccccc1. The summed E-state index contributed by atoms with van der Waals surface area (Å²) in [6, 6.07) is 43.8. The third-order valence-corrected chi connectivity index (χ3v) is 21.5. The van der Waals surface area contributed by atoms with Crippen LogP contribution < -0.4 is 26.5 Å². The van der Waals surface area contributed by atoms with E-state index in [1.54, 1.807) is 6.33 Å². The summed E-state index contributed by atoms with van der Waals surface area (Å²) in [4.78, 5) is 13.7. The van der Waals surface area contributed by atoms with Crippen LogP contribution in [0.3, 0.4) is 0 Å². The van der Waals surface area contributed by atoms with Crippen LogP contribution >= 0.6 is 0 Å². The average Bonchev–Trinajstić information content (AvgIpc) is 3.77. The largest absolute Gasteiger partial charge is 0.407 e. The lowest BCUT2D eigenvalue weighted by Crippen LogP contribution is -2.67. The van der Waals surface area contributed by atoms with E-state index in [2.05, 4.69) is 172 Å². The second-order valence-corrected chi connectivity index (χ2v) is 25.2. The molecule has 0 spiro atoms. The molecule has 4 aromatic carbocycles. The zero-order chi connectivity index (χ0) is 37.3. The number of benzene rings is 4. The molecule has 2 N–H and O–H groups in total. The molecule has 0 aliphatic heterocycles. The smallest absolute Gasteiger partial charge is 0.261 e. The summed E-state index contributed by atoms with van der Waals surface area (Å²) < 4.78 is 17.6. The van der Waals surface area contributed by atoms with Crippen molar-refractivity contribution in [2.45, 2.75) is 70.5 Å². The zero-order valence-corrected chi connectivity index (χ0v) is 33.9. The molecule has 1 aliphatic rings. The number of nitrogens with zero attached hydrogens (tertiary/aromatic N) is 4. The van der Waals surface area contributed by atoms with E-state index < -0.39 is 16.6 Å². The highest BCUT2D eigenvalue weighted by Crippen LogP contribution is 2.46. The Hall–Kier alpha value is -4.42. The van der Waals surface area contributed by atoms with Gasteiger partial charge < -0.3 is 19.2 Å². The molecular formula is C44H53N5O2Si2. The van der Waals surface area contributed by atoms with Gasteiger partial charge >= 0.3 is 0 Å². The van der Waals surface area contributed by atoms with Gasteiger partial charge in [0.15, 0.2) is 11.5 Å². The number of hydrogen-bond acceptors (Lipinski definition) is 6. The van der Waals surface area contributed by atoms with Crippen molar-refractivity contribution in [1.29, 1.82) is 0 Å². The van der Waals surface area contributed by atoms with Crippen LogP contribution in [0.5, 0.6) is 0 Å². The van der Waals surface area contributed by atoms with Crippen molar-refractivity contribution >= 4 is 54.4 Å². The number of imidazole rings is 1. The first-order valence-electron chi connectivity index (χ1n) is 18.9. The number of rotatable bonds is 11. The Bertz CT molecular complexity index is 2020. The van der Waals surface area contributed by atoms with Gasteiger partial charge in [0.05, 0.1) is 6.33 Å². The first-order chi connectivity index (χ1) is 25.5. The first-order valence-corrected chi connectivity index (χ1v) is 22.7. The Kier molecular flexibility index (Phi) is 10.3. The summed E-state index contributed by atoms with van der Waals surface area (Å²) in [5, 5.41) is 4.88. The predicted octanol–water partition coefficient (Wildman–Crippen LogP) is 7.13. The quantitative estimate of drug-likeness (QED) is 0.142. The van der Waals surface area contributed by atoms with E-state index in [-0.39, 0.29) is 28.0 Å². The molecule has 3 unspecified atom stereocenters. The van der Waals surface area contributed by atoms with Crippen molar-refractivity contribution in [1.82, 2.24) is 19.5 Å². The van der Waals surface area contributed by atoms with E-state index in [9.17, 15) is 0 Å². The summed E-state index contributed by atoms with van der Waals surface area (Å²) in [6.45, 7) is 15.3. The normalized spacial score (nSPS) is 18.4. The number of fused-ring (bicyclic) bond motifs is 1. The van der Waals surface area contributed by atoms with Crippen LogP contribution in [0.4, 0.5) is 5.82 Å². The molecule has 2 aromatic heterocycles. The third-order valence-electron chi connectivity index (χ3n) is 11.5. The molecule has 6 aromatic rings. The molecule has 2 heterocycles. The monoisotopic (exact) mass is 739 g/mol. The van der Waals surface area contributed by atoms with Crippen LogP contribution in [-0.4, -0.2) is 49.4 Å². The average molecular weight is 740 g/mol. The lowest BCUT2D eigenvalue weighted by Gasteiger charge is -2.45. The Morgan fingerprint density at radius 2 is 1.04 bits per heavy atom. The lowest BCUT2D eigenvalue weighted by molar-refractivity contribution is 0.132. The highest BCUT2D eigenvalue weighted by molar-refractivity contribution is 7.00. The molecule has 1 aliphatic carbocycles. The third kappa shape index (κ3) is 6.69. The van der Waals surface area contributed by atoms with Crippen LogP contribution in [0.2, 0.25) is 10.1 Å². The standard InChI is InChI=1S/C44H53N5O2Si2/c1-43(2,3)52(34-19-11-7-12-20-34,35-21-13-8-14-22-35)50-29-33-27-28-39(49-32-48-40-41(45)46-31-47-42(40)49)38(33)30-51-53(44(4,5)6,36-23-15-9-16-24-36)37-25-17-10-18-26-37/h7-26,31-33,38-39H,27-30H2,1-6H3,(H2,45,46,47). The Balaban J connectivity index is 1.32. The van der Waals surface area contributed by atoms with E-state index in [1.165, 1.54) is 20.7 Å².